The summed E-state index contributed by atoms with van der Waals surface area (Å²) in [5.74, 6) is 0. The number of carbonyl (C=O) groups excluding carboxylic acids is 1. The first kappa shape index (κ1) is 16.6. The quantitative estimate of drug-likeness (QED) is 0.670. The third kappa shape index (κ3) is 5.65. The van der Waals surface area contributed by atoms with Crippen molar-refractivity contribution in [3.63, 3.8) is 0 Å². The van der Waals surface area contributed by atoms with Crippen molar-refractivity contribution in [2.75, 3.05) is 11.6 Å². The summed E-state index contributed by atoms with van der Waals surface area (Å²) in [7, 11) is 0. The van der Waals surface area contributed by atoms with Gasteiger partial charge >= 0.3 is 6.09 Å². The van der Waals surface area contributed by atoms with Gasteiger partial charge in [-0.1, -0.05) is 12.1 Å². The highest BCUT2D eigenvalue weighted by atomic mass is 32.2. The van der Waals surface area contributed by atoms with Crippen molar-refractivity contribution in [1.29, 1.82) is 0 Å². The SMILES string of the molecule is CS/C(=N\C(C)C)c1ccc(NC(=O)OC(C)C)cc1. The van der Waals surface area contributed by atoms with Gasteiger partial charge in [0.2, 0.25) is 0 Å². The summed E-state index contributed by atoms with van der Waals surface area (Å²) >= 11 is 1.62. The second-order valence-corrected chi connectivity index (χ2v) is 5.68. The Kier molecular flexibility index (Phi) is 6.58. The van der Waals surface area contributed by atoms with Gasteiger partial charge in [0, 0.05) is 17.3 Å². The zero-order chi connectivity index (χ0) is 15.1. The van der Waals surface area contributed by atoms with Gasteiger partial charge in [-0.2, -0.15) is 0 Å². The molecule has 20 heavy (non-hydrogen) atoms. The minimum atomic E-state index is -0.436. The highest BCUT2D eigenvalue weighted by molar-refractivity contribution is 8.13. The first-order valence-electron chi connectivity index (χ1n) is 6.62. The molecule has 5 heteroatoms. The van der Waals surface area contributed by atoms with Gasteiger partial charge in [-0.15, -0.1) is 11.8 Å². The predicted octanol–water partition coefficient (Wildman–Crippen LogP) is 4.16. The molecule has 110 valence electrons. The van der Waals surface area contributed by atoms with E-state index in [2.05, 4.69) is 10.3 Å². The number of hydrogen-bond acceptors (Lipinski definition) is 4. The highest BCUT2D eigenvalue weighted by Crippen LogP contribution is 2.16. The number of ether oxygens (including phenoxy) is 1. The first-order valence-corrected chi connectivity index (χ1v) is 7.84. The van der Waals surface area contributed by atoms with Crippen molar-refractivity contribution >= 4 is 28.6 Å². The molecule has 0 saturated heterocycles. The molecule has 0 aliphatic heterocycles. The Morgan fingerprint density at radius 2 is 1.80 bits per heavy atom. The smallest absolute Gasteiger partial charge is 0.411 e. The second-order valence-electron chi connectivity index (χ2n) is 4.89. The van der Waals surface area contributed by atoms with Crippen LogP contribution in [0.25, 0.3) is 0 Å². The van der Waals surface area contributed by atoms with E-state index in [4.69, 9.17) is 4.74 Å². The predicted molar refractivity (Wildman–Crippen MR) is 86.9 cm³/mol. The van der Waals surface area contributed by atoms with E-state index in [1.165, 1.54) is 0 Å². The van der Waals surface area contributed by atoms with Gasteiger partial charge in [-0.3, -0.25) is 10.3 Å². The molecular formula is C15H22N2O2S. The van der Waals surface area contributed by atoms with Crippen LogP contribution in [0.3, 0.4) is 0 Å². The topological polar surface area (TPSA) is 50.7 Å². The van der Waals surface area contributed by atoms with E-state index in [-0.39, 0.29) is 12.1 Å². The summed E-state index contributed by atoms with van der Waals surface area (Å²) in [5, 5.41) is 3.69. The lowest BCUT2D eigenvalue weighted by Gasteiger charge is -2.10. The van der Waals surface area contributed by atoms with E-state index in [0.717, 1.165) is 10.6 Å². The number of carbonyl (C=O) groups is 1. The number of thioether (sulfide) groups is 1. The number of amides is 1. The Morgan fingerprint density at radius 3 is 2.25 bits per heavy atom. The fraction of sp³-hybridized carbons (Fsp3) is 0.467. The summed E-state index contributed by atoms with van der Waals surface area (Å²) in [6.45, 7) is 7.73. The summed E-state index contributed by atoms with van der Waals surface area (Å²) < 4.78 is 5.03. The van der Waals surface area contributed by atoms with Crippen LogP contribution in [-0.4, -0.2) is 29.5 Å². The van der Waals surface area contributed by atoms with Crippen LogP contribution in [0, 0.1) is 0 Å². The molecule has 1 N–H and O–H groups in total. The van der Waals surface area contributed by atoms with Gasteiger partial charge in [0.05, 0.1) is 11.1 Å². The van der Waals surface area contributed by atoms with Gasteiger partial charge in [0.1, 0.15) is 0 Å². The molecule has 0 radical (unpaired) electrons. The number of anilines is 1. The Labute approximate surface area is 125 Å². The molecule has 0 fully saturated rings. The zero-order valence-electron chi connectivity index (χ0n) is 12.6. The lowest BCUT2D eigenvalue weighted by atomic mass is 10.2. The van der Waals surface area contributed by atoms with Gasteiger partial charge in [-0.25, -0.2) is 4.79 Å². The largest absolute Gasteiger partial charge is 0.447 e. The summed E-state index contributed by atoms with van der Waals surface area (Å²) in [5.41, 5.74) is 1.76. The second kappa shape index (κ2) is 7.94. The minimum Gasteiger partial charge on any atom is -0.447 e. The van der Waals surface area contributed by atoms with Crippen molar-refractivity contribution in [2.45, 2.75) is 39.8 Å². The van der Waals surface area contributed by atoms with E-state index < -0.39 is 6.09 Å². The molecule has 1 aromatic rings. The van der Waals surface area contributed by atoms with E-state index in [9.17, 15) is 4.79 Å². The summed E-state index contributed by atoms with van der Waals surface area (Å²) in [6.07, 6.45) is 1.44. The molecule has 1 rings (SSSR count). The monoisotopic (exact) mass is 294 g/mol. The maximum absolute atomic E-state index is 11.5. The number of nitrogens with one attached hydrogen (secondary N) is 1. The fourth-order valence-corrected chi connectivity index (χ4v) is 2.23. The first-order chi connectivity index (χ1) is 9.42. The van der Waals surface area contributed by atoms with Gasteiger partial charge in [0.15, 0.2) is 0 Å². The van der Waals surface area contributed by atoms with Crippen molar-refractivity contribution in [2.24, 2.45) is 4.99 Å². The van der Waals surface area contributed by atoms with Crippen LogP contribution in [0.2, 0.25) is 0 Å². The molecule has 1 amide bonds. The van der Waals surface area contributed by atoms with Crippen LogP contribution in [0.1, 0.15) is 33.3 Å². The molecular weight excluding hydrogens is 272 g/mol. The Hall–Kier alpha value is -1.49. The molecule has 0 bridgehead atoms. The number of nitrogens with zero attached hydrogens (tertiary/aromatic N) is 1. The number of rotatable bonds is 4. The molecule has 0 saturated carbocycles. The molecule has 4 nitrogen and oxygen atoms in total. The maximum Gasteiger partial charge on any atom is 0.411 e. The van der Waals surface area contributed by atoms with Crippen LogP contribution < -0.4 is 5.32 Å². The van der Waals surface area contributed by atoms with Crippen molar-refractivity contribution in [3.05, 3.63) is 29.8 Å². The Morgan fingerprint density at radius 1 is 1.20 bits per heavy atom. The van der Waals surface area contributed by atoms with Gasteiger partial charge in [0.25, 0.3) is 0 Å². The summed E-state index contributed by atoms with van der Waals surface area (Å²) in [6, 6.07) is 7.86. The summed E-state index contributed by atoms with van der Waals surface area (Å²) in [4.78, 5) is 16.0. The number of benzene rings is 1. The number of hydrogen-bond donors (Lipinski definition) is 1. The van der Waals surface area contributed by atoms with Gasteiger partial charge < -0.3 is 4.74 Å². The molecule has 0 heterocycles. The standard InChI is InChI=1S/C15H22N2O2S/c1-10(2)16-14(20-5)12-6-8-13(9-7-12)17-15(18)19-11(3)4/h6-11H,1-5H3,(H,17,18)/b16-14-. The third-order valence-corrected chi connectivity index (χ3v) is 3.02. The van der Waals surface area contributed by atoms with Crippen LogP contribution in [0.4, 0.5) is 10.5 Å². The van der Waals surface area contributed by atoms with Gasteiger partial charge in [-0.05, 0) is 46.1 Å². The van der Waals surface area contributed by atoms with Crippen LogP contribution in [0.15, 0.2) is 29.3 Å². The Balaban J connectivity index is 2.76. The van der Waals surface area contributed by atoms with E-state index in [1.54, 1.807) is 11.8 Å². The van der Waals surface area contributed by atoms with Crippen LogP contribution >= 0.6 is 11.8 Å². The van der Waals surface area contributed by atoms with Crippen molar-refractivity contribution < 1.29 is 9.53 Å². The molecule has 0 unspecified atom stereocenters. The minimum absolute atomic E-state index is 0.129. The highest BCUT2D eigenvalue weighted by Gasteiger charge is 2.07. The lowest BCUT2D eigenvalue weighted by Crippen LogP contribution is -2.17. The third-order valence-electron chi connectivity index (χ3n) is 2.29. The fourth-order valence-electron chi connectivity index (χ4n) is 1.54. The average Bonchev–Trinajstić information content (AvgIpc) is 2.35. The maximum atomic E-state index is 11.5. The van der Waals surface area contributed by atoms with Crippen LogP contribution in [0.5, 0.6) is 0 Å². The van der Waals surface area contributed by atoms with Crippen molar-refractivity contribution in [1.82, 2.24) is 0 Å². The van der Waals surface area contributed by atoms with E-state index >= 15 is 0 Å². The van der Waals surface area contributed by atoms with E-state index in [1.807, 2.05) is 58.2 Å². The molecule has 0 aliphatic rings. The Bertz CT molecular complexity index is 467. The number of aliphatic imine (C=N–C) groups is 1. The zero-order valence-corrected chi connectivity index (χ0v) is 13.5. The normalized spacial score (nSPS) is 11.8. The average molecular weight is 294 g/mol. The van der Waals surface area contributed by atoms with E-state index in [0.29, 0.717) is 5.69 Å². The molecule has 0 atom stereocenters. The molecule has 0 aromatic heterocycles. The van der Waals surface area contributed by atoms with Crippen LogP contribution in [-0.2, 0) is 4.74 Å². The van der Waals surface area contributed by atoms with Crippen molar-refractivity contribution in [3.8, 4) is 0 Å². The molecule has 0 aliphatic carbocycles. The molecule has 0 spiro atoms. The lowest BCUT2D eigenvalue weighted by molar-refractivity contribution is 0.130. The molecule has 1 aromatic carbocycles.